The number of rotatable bonds is 5. The molecule has 0 unspecified atom stereocenters. The zero-order valence-corrected chi connectivity index (χ0v) is 14.5. The molecule has 1 N–H and O–H groups in total. The predicted octanol–water partition coefficient (Wildman–Crippen LogP) is 4.77. The molecule has 8 heteroatoms. The highest BCUT2D eigenvalue weighted by Crippen LogP contribution is 2.23. The molecule has 0 aliphatic carbocycles. The molecule has 0 fully saturated rings. The lowest BCUT2D eigenvalue weighted by atomic mass is 10.3. The lowest BCUT2D eigenvalue weighted by Crippen LogP contribution is -2.14. The van der Waals surface area contributed by atoms with E-state index in [2.05, 4.69) is 15.5 Å². The Morgan fingerprint density at radius 2 is 1.92 bits per heavy atom. The van der Waals surface area contributed by atoms with Gasteiger partial charge >= 0.3 is 0 Å². The normalized spacial score (nSPS) is 10.6. The fraction of sp³-hybridized carbons (Fsp3) is 0.0625. The Morgan fingerprint density at radius 3 is 2.54 bits per heavy atom. The zero-order valence-electron chi connectivity index (χ0n) is 12.2. The highest BCUT2D eigenvalue weighted by Gasteiger charge is 2.08. The van der Waals surface area contributed by atoms with Crippen LogP contribution >= 0.6 is 35.0 Å². The zero-order chi connectivity index (χ0) is 16.9. The highest BCUT2D eigenvalue weighted by atomic mass is 35.5. The van der Waals surface area contributed by atoms with Gasteiger partial charge in [0, 0.05) is 15.7 Å². The second-order valence-corrected chi connectivity index (χ2v) is 6.60. The summed E-state index contributed by atoms with van der Waals surface area (Å²) in [5.74, 6) is 0.656. The van der Waals surface area contributed by atoms with Crippen LogP contribution in [0.5, 0.6) is 0 Å². The molecule has 0 spiro atoms. The molecule has 0 aliphatic rings. The average Bonchev–Trinajstić information content (AvgIpc) is 3.07. The minimum absolute atomic E-state index is 0.185. The number of benzene rings is 1. The number of thioether (sulfide) groups is 1. The quantitative estimate of drug-likeness (QED) is 0.646. The van der Waals surface area contributed by atoms with Gasteiger partial charge in [-0.1, -0.05) is 35.0 Å². The Labute approximate surface area is 152 Å². The van der Waals surface area contributed by atoms with Crippen molar-refractivity contribution in [3.8, 4) is 11.5 Å². The fourth-order valence-electron chi connectivity index (χ4n) is 1.92. The molecule has 5 nitrogen and oxygen atoms in total. The first kappa shape index (κ1) is 16.8. The van der Waals surface area contributed by atoms with Crippen LogP contribution in [-0.2, 0) is 4.79 Å². The number of halogens is 2. The smallest absolute Gasteiger partial charge is 0.234 e. The van der Waals surface area contributed by atoms with Gasteiger partial charge in [0.2, 0.25) is 5.91 Å². The van der Waals surface area contributed by atoms with Crippen LogP contribution in [0.1, 0.15) is 0 Å². The van der Waals surface area contributed by atoms with Crippen molar-refractivity contribution in [3.05, 3.63) is 58.8 Å². The summed E-state index contributed by atoms with van der Waals surface area (Å²) in [7, 11) is 0. The number of furan rings is 1. The third kappa shape index (κ3) is 4.50. The van der Waals surface area contributed by atoms with Gasteiger partial charge in [0.05, 0.1) is 12.0 Å². The Bertz CT molecular complexity index is 819. The van der Waals surface area contributed by atoms with Gasteiger partial charge in [-0.3, -0.25) is 4.79 Å². The largest absolute Gasteiger partial charge is 0.463 e. The maximum absolute atomic E-state index is 12.0. The molecule has 3 rings (SSSR count). The van der Waals surface area contributed by atoms with E-state index < -0.39 is 0 Å². The van der Waals surface area contributed by atoms with Crippen LogP contribution in [0.25, 0.3) is 11.5 Å². The Kier molecular flexibility index (Phi) is 5.40. The van der Waals surface area contributed by atoms with Crippen molar-refractivity contribution in [1.29, 1.82) is 0 Å². The summed E-state index contributed by atoms with van der Waals surface area (Å²) >= 11 is 13.1. The summed E-state index contributed by atoms with van der Waals surface area (Å²) in [5, 5.41) is 12.5. The van der Waals surface area contributed by atoms with Gasteiger partial charge in [0.1, 0.15) is 10.7 Å². The number of anilines is 1. The minimum Gasteiger partial charge on any atom is -0.463 e. The molecule has 0 bridgehead atoms. The van der Waals surface area contributed by atoms with E-state index >= 15 is 0 Å². The highest BCUT2D eigenvalue weighted by molar-refractivity contribution is 7.99. The van der Waals surface area contributed by atoms with Crippen LogP contribution in [0, 0.1) is 0 Å². The SMILES string of the molecule is O=C(CSc1ccc(-c2ccco2)nn1)Nc1cc(Cl)cc(Cl)c1. The molecular formula is C16H11Cl2N3O2S. The summed E-state index contributed by atoms with van der Waals surface area (Å²) in [6.45, 7) is 0. The lowest BCUT2D eigenvalue weighted by Gasteiger charge is -2.06. The maximum Gasteiger partial charge on any atom is 0.234 e. The third-order valence-electron chi connectivity index (χ3n) is 2.91. The number of aromatic nitrogens is 2. The molecule has 1 aromatic carbocycles. The van der Waals surface area contributed by atoms with Crippen LogP contribution in [-0.4, -0.2) is 21.9 Å². The van der Waals surface area contributed by atoms with Gasteiger partial charge in [-0.25, -0.2) is 0 Å². The standard InChI is InChI=1S/C16H11Cl2N3O2S/c17-10-6-11(18)8-12(7-10)19-15(22)9-24-16-4-3-13(20-21-16)14-2-1-5-23-14/h1-8H,9H2,(H,19,22). The van der Waals surface area contributed by atoms with E-state index in [-0.39, 0.29) is 11.7 Å². The number of hydrogen-bond acceptors (Lipinski definition) is 5. The van der Waals surface area contributed by atoms with Crippen molar-refractivity contribution in [2.24, 2.45) is 0 Å². The van der Waals surface area contributed by atoms with Crippen LogP contribution in [0.15, 0.2) is 58.2 Å². The van der Waals surface area contributed by atoms with Gasteiger partial charge < -0.3 is 9.73 Å². The van der Waals surface area contributed by atoms with Crippen LogP contribution in [0.4, 0.5) is 5.69 Å². The fourth-order valence-corrected chi connectivity index (χ4v) is 3.06. The van der Waals surface area contributed by atoms with E-state index in [1.807, 2.05) is 0 Å². The molecule has 2 aromatic heterocycles. The Hall–Kier alpha value is -2.02. The van der Waals surface area contributed by atoms with Crippen molar-refractivity contribution < 1.29 is 9.21 Å². The van der Waals surface area contributed by atoms with Crippen LogP contribution < -0.4 is 5.32 Å². The topological polar surface area (TPSA) is 68.0 Å². The lowest BCUT2D eigenvalue weighted by molar-refractivity contribution is -0.113. The Morgan fingerprint density at radius 1 is 1.12 bits per heavy atom. The van der Waals surface area contributed by atoms with E-state index in [9.17, 15) is 4.79 Å². The van der Waals surface area contributed by atoms with E-state index in [0.717, 1.165) is 0 Å². The number of nitrogens with one attached hydrogen (secondary N) is 1. The molecule has 1 amide bonds. The number of hydrogen-bond donors (Lipinski definition) is 1. The van der Waals surface area contributed by atoms with E-state index in [4.69, 9.17) is 27.6 Å². The monoisotopic (exact) mass is 379 g/mol. The van der Waals surface area contributed by atoms with Crippen molar-refractivity contribution in [1.82, 2.24) is 10.2 Å². The molecule has 0 saturated carbocycles. The molecule has 24 heavy (non-hydrogen) atoms. The van der Waals surface area contributed by atoms with E-state index in [1.165, 1.54) is 11.8 Å². The summed E-state index contributed by atoms with van der Waals surface area (Å²) in [6, 6.07) is 12.0. The molecule has 0 aliphatic heterocycles. The maximum atomic E-state index is 12.0. The van der Waals surface area contributed by atoms with Crippen LogP contribution in [0.3, 0.4) is 0 Å². The number of nitrogens with zero attached hydrogens (tertiary/aromatic N) is 2. The summed E-state index contributed by atoms with van der Waals surface area (Å²) < 4.78 is 5.25. The van der Waals surface area contributed by atoms with Crippen molar-refractivity contribution >= 4 is 46.6 Å². The number of carbonyl (C=O) groups is 1. The van der Waals surface area contributed by atoms with Crippen LogP contribution in [0.2, 0.25) is 10.0 Å². The molecule has 0 radical (unpaired) electrons. The van der Waals surface area contributed by atoms with Gasteiger partial charge in [-0.15, -0.1) is 10.2 Å². The predicted molar refractivity (Wildman–Crippen MR) is 95.5 cm³/mol. The second kappa shape index (κ2) is 7.70. The van der Waals surface area contributed by atoms with Gasteiger partial charge in [0.25, 0.3) is 0 Å². The van der Waals surface area contributed by atoms with Gasteiger partial charge in [-0.05, 0) is 42.5 Å². The first-order valence-corrected chi connectivity index (χ1v) is 8.61. The molecule has 2 heterocycles. The average molecular weight is 380 g/mol. The molecule has 3 aromatic rings. The molecule has 0 saturated heterocycles. The van der Waals surface area contributed by atoms with Crippen molar-refractivity contribution in [2.75, 3.05) is 11.1 Å². The minimum atomic E-state index is -0.185. The molecular weight excluding hydrogens is 369 g/mol. The van der Waals surface area contributed by atoms with Crippen molar-refractivity contribution in [2.45, 2.75) is 5.03 Å². The molecule has 122 valence electrons. The van der Waals surface area contributed by atoms with Crippen molar-refractivity contribution in [3.63, 3.8) is 0 Å². The first-order chi connectivity index (χ1) is 11.6. The second-order valence-electron chi connectivity index (χ2n) is 4.73. The van der Waals surface area contributed by atoms with E-state index in [0.29, 0.717) is 32.2 Å². The van der Waals surface area contributed by atoms with Gasteiger partial charge in [-0.2, -0.15) is 0 Å². The van der Waals surface area contributed by atoms with E-state index in [1.54, 1.807) is 48.7 Å². The van der Waals surface area contributed by atoms with Gasteiger partial charge in [0.15, 0.2) is 5.76 Å². The first-order valence-electron chi connectivity index (χ1n) is 6.86. The third-order valence-corrected chi connectivity index (χ3v) is 4.27. The number of carbonyl (C=O) groups excluding carboxylic acids is 1. The summed E-state index contributed by atoms with van der Waals surface area (Å²) in [5.41, 5.74) is 1.19. The number of amides is 1. The Balaban J connectivity index is 1.56. The molecule has 0 atom stereocenters. The summed E-state index contributed by atoms with van der Waals surface area (Å²) in [4.78, 5) is 12.0. The summed E-state index contributed by atoms with van der Waals surface area (Å²) in [6.07, 6.45) is 1.58.